The van der Waals surface area contributed by atoms with Crippen LogP contribution in [0.4, 0.5) is 5.69 Å². The summed E-state index contributed by atoms with van der Waals surface area (Å²) in [5, 5.41) is 3.21. The smallest absolute Gasteiger partial charge is 0.244 e. The van der Waals surface area contributed by atoms with Gasteiger partial charge in [0.25, 0.3) is 0 Å². The minimum Gasteiger partial charge on any atom is -0.454 e. The maximum Gasteiger partial charge on any atom is 0.244 e. The van der Waals surface area contributed by atoms with Gasteiger partial charge in [0.05, 0.1) is 11.9 Å². The van der Waals surface area contributed by atoms with Crippen LogP contribution in [0.15, 0.2) is 77.3 Å². The van der Waals surface area contributed by atoms with Crippen LogP contribution in [0.2, 0.25) is 0 Å². The van der Waals surface area contributed by atoms with E-state index in [1.165, 1.54) is 4.90 Å². The number of sulfonamides is 1. The molecule has 228 valence electrons. The summed E-state index contributed by atoms with van der Waals surface area (Å²) in [6.45, 7) is -0.338. The van der Waals surface area contributed by atoms with Crippen LogP contribution in [0, 0.1) is 0 Å². The van der Waals surface area contributed by atoms with Gasteiger partial charge in [-0.2, -0.15) is 0 Å². The number of hydrogen-bond acceptors (Lipinski definition) is 6. The molecule has 3 aromatic rings. The number of fused-ring (bicyclic) bond motifs is 1. The zero-order chi connectivity index (χ0) is 30.4. The number of carbonyl (C=O) groups is 2. The Morgan fingerprint density at radius 3 is 2.37 bits per heavy atom. The number of anilines is 1. The summed E-state index contributed by atoms with van der Waals surface area (Å²) in [6, 6.07) is 21.0. The Balaban J connectivity index is 1.50. The van der Waals surface area contributed by atoms with E-state index in [9.17, 15) is 18.0 Å². The fraction of sp³-hybridized carbons (Fsp3) is 0.375. The van der Waals surface area contributed by atoms with Crippen molar-refractivity contribution in [2.24, 2.45) is 0 Å². The molecule has 2 amide bonds. The first kappa shape index (κ1) is 30.9. The van der Waals surface area contributed by atoms with Gasteiger partial charge in [-0.1, -0.05) is 77.7 Å². The highest BCUT2D eigenvalue weighted by molar-refractivity contribution is 9.10. The highest BCUT2D eigenvalue weighted by Gasteiger charge is 2.34. The molecular weight excluding hydrogens is 634 g/mol. The van der Waals surface area contributed by atoms with Crippen LogP contribution < -0.4 is 19.1 Å². The first-order valence-electron chi connectivity index (χ1n) is 14.4. The lowest BCUT2D eigenvalue weighted by molar-refractivity contribution is -0.140. The van der Waals surface area contributed by atoms with Crippen LogP contribution in [-0.4, -0.2) is 56.8 Å². The molecular formula is C32H36BrN3O6S. The molecule has 1 fully saturated rings. The molecule has 1 saturated carbocycles. The maximum atomic E-state index is 14.3. The van der Waals surface area contributed by atoms with Gasteiger partial charge < -0.3 is 19.7 Å². The second-order valence-electron chi connectivity index (χ2n) is 11.0. The topological polar surface area (TPSA) is 105 Å². The van der Waals surface area contributed by atoms with E-state index in [0.29, 0.717) is 11.5 Å². The molecule has 43 heavy (non-hydrogen) atoms. The van der Waals surface area contributed by atoms with Crippen LogP contribution in [-0.2, 0) is 32.6 Å². The number of amides is 2. The SMILES string of the molecule is CS(=O)(=O)N(CC(=O)N(Cc1cccc(Br)c1)C(Cc1ccccc1)C(=O)NC1CCCCC1)c1ccc2c(c1)OCO2. The number of nitrogens with zero attached hydrogens (tertiary/aromatic N) is 2. The number of benzene rings is 3. The largest absolute Gasteiger partial charge is 0.454 e. The number of nitrogens with one attached hydrogen (secondary N) is 1. The van der Waals surface area contributed by atoms with Gasteiger partial charge in [0, 0.05) is 29.5 Å². The molecule has 11 heteroatoms. The van der Waals surface area contributed by atoms with E-state index in [4.69, 9.17) is 9.47 Å². The van der Waals surface area contributed by atoms with Gasteiger partial charge in [-0.05, 0) is 48.2 Å². The van der Waals surface area contributed by atoms with Crippen LogP contribution in [0.1, 0.15) is 43.2 Å². The molecule has 1 unspecified atom stereocenters. The molecule has 3 aromatic carbocycles. The molecule has 0 bridgehead atoms. The molecule has 1 N–H and O–H groups in total. The maximum absolute atomic E-state index is 14.3. The Labute approximate surface area is 261 Å². The molecule has 2 aliphatic rings. The fourth-order valence-corrected chi connectivity index (χ4v) is 6.87. The summed E-state index contributed by atoms with van der Waals surface area (Å²) in [5.41, 5.74) is 1.98. The lowest BCUT2D eigenvalue weighted by Crippen LogP contribution is -2.55. The Kier molecular flexibility index (Phi) is 9.92. The first-order chi connectivity index (χ1) is 20.7. The van der Waals surface area contributed by atoms with Gasteiger partial charge >= 0.3 is 0 Å². The van der Waals surface area contributed by atoms with Gasteiger partial charge in [-0.15, -0.1) is 0 Å². The molecule has 1 aliphatic carbocycles. The molecule has 0 aromatic heterocycles. The van der Waals surface area contributed by atoms with Crippen molar-refractivity contribution in [3.8, 4) is 11.5 Å². The quantitative estimate of drug-likeness (QED) is 0.307. The predicted octanol–water partition coefficient (Wildman–Crippen LogP) is 5.03. The number of carbonyl (C=O) groups excluding carboxylic acids is 2. The Morgan fingerprint density at radius 2 is 1.65 bits per heavy atom. The van der Waals surface area contributed by atoms with Crippen LogP contribution in [0.5, 0.6) is 11.5 Å². The molecule has 1 heterocycles. The lowest BCUT2D eigenvalue weighted by atomic mass is 9.94. The third kappa shape index (κ3) is 8.08. The highest BCUT2D eigenvalue weighted by Crippen LogP contribution is 2.36. The molecule has 0 saturated heterocycles. The zero-order valence-corrected chi connectivity index (χ0v) is 26.5. The van der Waals surface area contributed by atoms with Gasteiger partial charge in [0.2, 0.25) is 28.6 Å². The van der Waals surface area contributed by atoms with E-state index in [2.05, 4.69) is 21.2 Å². The van der Waals surface area contributed by atoms with Gasteiger partial charge in [-0.25, -0.2) is 8.42 Å². The molecule has 9 nitrogen and oxygen atoms in total. The number of ether oxygens (including phenoxy) is 2. The highest BCUT2D eigenvalue weighted by atomic mass is 79.9. The molecule has 0 radical (unpaired) electrons. The van der Waals surface area contributed by atoms with Crippen molar-refractivity contribution in [2.75, 3.05) is 23.9 Å². The summed E-state index contributed by atoms with van der Waals surface area (Å²) in [6.07, 6.45) is 6.38. The summed E-state index contributed by atoms with van der Waals surface area (Å²) < 4.78 is 38.8. The molecule has 5 rings (SSSR count). The van der Waals surface area contributed by atoms with Crippen molar-refractivity contribution >= 4 is 43.5 Å². The third-order valence-electron chi connectivity index (χ3n) is 7.79. The number of rotatable bonds is 11. The standard InChI is InChI=1S/C32H36BrN3O6S/c1-43(39,40)36(27-15-16-29-30(19-27)42-22-41-29)21-31(37)35(20-24-11-8-12-25(33)17-24)28(18-23-9-4-2-5-10-23)32(38)34-26-13-6-3-7-14-26/h2,4-5,8-12,15-17,19,26,28H,3,6-7,13-14,18,20-22H2,1H3,(H,34,38). The predicted molar refractivity (Wildman–Crippen MR) is 168 cm³/mol. The fourth-order valence-electron chi connectivity index (χ4n) is 5.58. The average Bonchev–Trinajstić information content (AvgIpc) is 3.46. The monoisotopic (exact) mass is 669 g/mol. The Morgan fingerprint density at radius 1 is 0.930 bits per heavy atom. The molecule has 1 atom stereocenters. The Bertz CT molecular complexity index is 1550. The number of hydrogen-bond donors (Lipinski definition) is 1. The second-order valence-corrected chi connectivity index (χ2v) is 13.8. The Hall–Kier alpha value is -3.57. The van der Waals surface area contributed by atoms with E-state index < -0.39 is 28.5 Å². The molecule has 1 aliphatic heterocycles. The van der Waals surface area contributed by atoms with Crippen LogP contribution in [0.3, 0.4) is 0 Å². The van der Waals surface area contributed by atoms with E-state index >= 15 is 0 Å². The lowest BCUT2D eigenvalue weighted by Gasteiger charge is -2.35. The third-order valence-corrected chi connectivity index (χ3v) is 9.42. The van der Waals surface area contributed by atoms with Crippen molar-refractivity contribution < 1.29 is 27.5 Å². The summed E-state index contributed by atoms with van der Waals surface area (Å²) in [7, 11) is -3.89. The number of halogens is 1. The van der Waals surface area contributed by atoms with Crippen molar-refractivity contribution in [2.45, 2.75) is 57.2 Å². The summed E-state index contributed by atoms with van der Waals surface area (Å²) >= 11 is 3.50. The van der Waals surface area contributed by atoms with Crippen LogP contribution in [0.25, 0.3) is 0 Å². The van der Waals surface area contributed by atoms with Crippen molar-refractivity contribution in [3.05, 3.63) is 88.4 Å². The van der Waals surface area contributed by atoms with Gasteiger partial charge in [0.1, 0.15) is 12.6 Å². The van der Waals surface area contributed by atoms with Gasteiger partial charge in [-0.3, -0.25) is 13.9 Å². The van der Waals surface area contributed by atoms with E-state index in [1.807, 2.05) is 54.6 Å². The zero-order valence-electron chi connectivity index (χ0n) is 24.1. The first-order valence-corrected chi connectivity index (χ1v) is 17.1. The minimum atomic E-state index is -3.89. The second kappa shape index (κ2) is 13.8. The average molecular weight is 671 g/mol. The van der Waals surface area contributed by atoms with Gasteiger partial charge in [0.15, 0.2) is 11.5 Å². The normalized spacial score (nSPS) is 15.5. The summed E-state index contributed by atoms with van der Waals surface area (Å²) in [5.74, 6) is 0.163. The van der Waals surface area contributed by atoms with Crippen LogP contribution >= 0.6 is 15.9 Å². The van der Waals surface area contributed by atoms with E-state index in [0.717, 1.165) is 58.3 Å². The van der Waals surface area contributed by atoms with E-state index in [-0.39, 0.29) is 37.4 Å². The summed E-state index contributed by atoms with van der Waals surface area (Å²) in [4.78, 5) is 29.8. The van der Waals surface area contributed by atoms with Crippen molar-refractivity contribution in [1.82, 2.24) is 10.2 Å². The molecule has 0 spiro atoms. The van der Waals surface area contributed by atoms with E-state index in [1.54, 1.807) is 18.2 Å². The minimum absolute atomic E-state index is 0.0360. The van der Waals surface area contributed by atoms with Crippen molar-refractivity contribution in [3.63, 3.8) is 0 Å². The van der Waals surface area contributed by atoms with Crippen molar-refractivity contribution in [1.29, 1.82) is 0 Å².